The van der Waals surface area contributed by atoms with Gasteiger partial charge in [0.05, 0.1) is 34.8 Å². The third kappa shape index (κ3) is 3.48. The van der Waals surface area contributed by atoms with Crippen LogP contribution in [0.3, 0.4) is 0 Å². The van der Waals surface area contributed by atoms with Gasteiger partial charge < -0.3 is 14.8 Å². The van der Waals surface area contributed by atoms with Gasteiger partial charge in [0.2, 0.25) is 5.95 Å². The number of aromatic amines is 1. The van der Waals surface area contributed by atoms with Crippen LogP contribution in [0.5, 0.6) is 5.75 Å². The number of benzene rings is 2. The van der Waals surface area contributed by atoms with E-state index in [9.17, 15) is 14.7 Å². The Morgan fingerprint density at radius 3 is 2.59 bits per heavy atom. The molecule has 8 nitrogen and oxygen atoms in total. The number of methoxy groups -OCH3 is 1. The lowest BCUT2D eigenvalue weighted by molar-refractivity contribution is -0.132. The van der Waals surface area contributed by atoms with Crippen LogP contribution in [0.25, 0.3) is 16.8 Å². The smallest absolute Gasteiger partial charge is 0.302 e. The second-order valence-corrected chi connectivity index (χ2v) is 8.29. The standard InChI is InChI=1S/C25H19ClN4O4/c1-13-3-5-17-18(11-13)29-25(28-17)30-21(14-7-9-27-10-8-14)20(23(32)24(30)33)22(31)15-4-6-19(34-2)16(26)12-15/h3-12,21,31H,1-2H3,(H,28,29)/b22-20+. The molecule has 0 saturated carbocycles. The summed E-state index contributed by atoms with van der Waals surface area (Å²) in [5, 5.41) is 11.5. The van der Waals surface area contributed by atoms with Crippen molar-refractivity contribution in [1.82, 2.24) is 15.0 Å². The van der Waals surface area contributed by atoms with Gasteiger partial charge in [-0.2, -0.15) is 0 Å². The quantitative estimate of drug-likeness (QED) is 0.255. The van der Waals surface area contributed by atoms with Gasteiger partial charge in [-0.15, -0.1) is 0 Å². The number of hydrogen-bond acceptors (Lipinski definition) is 6. The molecule has 9 heteroatoms. The van der Waals surface area contributed by atoms with E-state index in [-0.39, 0.29) is 27.9 Å². The molecule has 2 aromatic heterocycles. The number of carbonyl (C=O) groups excluding carboxylic acids is 2. The number of aromatic nitrogens is 3. The number of pyridine rings is 1. The number of carbonyl (C=O) groups is 2. The minimum absolute atomic E-state index is 0.0749. The lowest BCUT2D eigenvalue weighted by Crippen LogP contribution is -2.30. The zero-order chi connectivity index (χ0) is 24.0. The van der Waals surface area contributed by atoms with E-state index in [4.69, 9.17) is 16.3 Å². The molecule has 1 aliphatic rings. The van der Waals surface area contributed by atoms with Crippen LogP contribution in [0.15, 0.2) is 66.5 Å². The number of H-pyrrole nitrogens is 1. The van der Waals surface area contributed by atoms with Crippen LogP contribution >= 0.6 is 11.6 Å². The molecule has 1 fully saturated rings. The van der Waals surface area contributed by atoms with Gasteiger partial charge in [0, 0.05) is 18.0 Å². The maximum absolute atomic E-state index is 13.3. The highest BCUT2D eigenvalue weighted by Gasteiger charge is 2.48. The fraction of sp³-hybridized carbons (Fsp3) is 0.120. The molecule has 4 aromatic rings. The van der Waals surface area contributed by atoms with Crippen molar-refractivity contribution in [3.8, 4) is 5.75 Å². The Kier molecular flexibility index (Phi) is 5.30. The highest BCUT2D eigenvalue weighted by Crippen LogP contribution is 2.42. The number of fused-ring (bicyclic) bond motifs is 1. The number of halogens is 1. The van der Waals surface area contributed by atoms with Crippen molar-refractivity contribution in [2.45, 2.75) is 13.0 Å². The minimum atomic E-state index is -0.925. The molecular formula is C25H19ClN4O4. The van der Waals surface area contributed by atoms with E-state index in [0.29, 0.717) is 16.8 Å². The van der Waals surface area contributed by atoms with E-state index in [1.54, 1.807) is 36.7 Å². The number of amides is 1. The van der Waals surface area contributed by atoms with Crippen LogP contribution < -0.4 is 9.64 Å². The second-order valence-electron chi connectivity index (χ2n) is 7.88. The van der Waals surface area contributed by atoms with E-state index in [1.807, 2.05) is 25.1 Å². The van der Waals surface area contributed by atoms with Crippen LogP contribution in [-0.2, 0) is 9.59 Å². The number of aryl methyl sites for hydroxylation is 1. The van der Waals surface area contributed by atoms with E-state index in [1.165, 1.54) is 18.1 Å². The number of ketones is 1. The number of aliphatic hydroxyl groups excluding tert-OH is 1. The normalized spacial score (nSPS) is 17.5. The number of nitrogens with zero attached hydrogens (tertiary/aromatic N) is 3. The van der Waals surface area contributed by atoms with Crippen molar-refractivity contribution in [3.05, 3.63) is 88.2 Å². The largest absolute Gasteiger partial charge is 0.507 e. The summed E-state index contributed by atoms with van der Waals surface area (Å²) in [5.74, 6) is -1.36. The first kappa shape index (κ1) is 21.7. The molecule has 170 valence electrons. The summed E-state index contributed by atoms with van der Waals surface area (Å²) in [7, 11) is 1.48. The fourth-order valence-corrected chi connectivity index (χ4v) is 4.36. The first-order chi connectivity index (χ1) is 16.4. The Hall–Kier alpha value is -4.17. The molecule has 1 amide bonds. The van der Waals surface area contributed by atoms with Gasteiger partial charge in [-0.25, -0.2) is 4.98 Å². The Balaban J connectivity index is 1.71. The molecule has 1 saturated heterocycles. The van der Waals surface area contributed by atoms with Crippen LogP contribution in [0, 0.1) is 6.92 Å². The molecule has 0 aliphatic carbocycles. The molecule has 5 rings (SSSR count). The van der Waals surface area contributed by atoms with Gasteiger partial charge in [-0.1, -0.05) is 17.7 Å². The number of Topliss-reactive ketones (excluding diaryl/α,β-unsaturated/α-hetero) is 1. The fourth-order valence-electron chi connectivity index (χ4n) is 4.11. The number of nitrogens with one attached hydrogen (secondary N) is 1. The summed E-state index contributed by atoms with van der Waals surface area (Å²) in [6, 6.07) is 12.7. The number of rotatable bonds is 4. The van der Waals surface area contributed by atoms with Crippen molar-refractivity contribution in [2.24, 2.45) is 0 Å². The SMILES string of the molecule is COc1ccc(/C(O)=C2\C(=O)C(=O)N(c3nc4ccc(C)cc4[nH]3)C2c2ccncc2)cc1Cl. The Labute approximate surface area is 199 Å². The number of hydrogen-bond donors (Lipinski definition) is 2. The van der Waals surface area contributed by atoms with Crippen LogP contribution in [0.1, 0.15) is 22.7 Å². The monoisotopic (exact) mass is 474 g/mol. The molecule has 0 radical (unpaired) electrons. The molecule has 1 unspecified atom stereocenters. The lowest BCUT2D eigenvalue weighted by Gasteiger charge is -2.22. The Morgan fingerprint density at radius 1 is 1.12 bits per heavy atom. The molecule has 2 N–H and O–H groups in total. The zero-order valence-electron chi connectivity index (χ0n) is 18.2. The van der Waals surface area contributed by atoms with E-state index >= 15 is 0 Å². The summed E-state index contributed by atoms with van der Waals surface area (Å²) in [4.78, 5) is 39.5. The van der Waals surface area contributed by atoms with Gasteiger partial charge in [0.15, 0.2) is 0 Å². The van der Waals surface area contributed by atoms with Crippen molar-refractivity contribution in [3.63, 3.8) is 0 Å². The van der Waals surface area contributed by atoms with Crippen molar-refractivity contribution in [2.75, 3.05) is 12.0 Å². The maximum Gasteiger partial charge on any atom is 0.302 e. The predicted octanol–water partition coefficient (Wildman–Crippen LogP) is 4.55. The van der Waals surface area contributed by atoms with Crippen LogP contribution in [-0.4, -0.2) is 38.9 Å². The van der Waals surface area contributed by atoms with Gasteiger partial charge in [0.25, 0.3) is 5.78 Å². The molecular weight excluding hydrogens is 456 g/mol. The van der Waals surface area contributed by atoms with E-state index in [0.717, 1.165) is 11.1 Å². The van der Waals surface area contributed by atoms with Crippen molar-refractivity contribution >= 4 is 46.0 Å². The topological polar surface area (TPSA) is 108 Å². The molecule has 1 atom stereocenters. The number of aliphatic hydroxyl groups is 1. The van der Waals surface area contributed by atoms with Crippen LogP contribution in [0.4, 0.5) is 5.95 Å². The molecule has 0 bridgehead atoms. The predicted molar refractivity (Wildman–Crippen MR) is 128 cm³/mol. The Bertz CT molecular complexity index is 1480. The Morgan fingerprint density at radius 2 is 1.88 bits per heavy atom. The summed E-state index contributed by atoms with van der Waals surface area (Å²) in [5.41, 5.74) is 3.20. The first-order valence-corrected chi connectivity index (χ1v) is 10.8. The first-order valence-electron chi connectivity index (χ1n) is 10.4. The van der Waals surface area contributed by atoms with Gasteiger partial charge >= 0.3 is 5.91 Å². The molecule has 34 heavy (non-hydrogen) atoms. The summed E-state index contributed by atoms with van der Waals surface area (Å²) in [6.07, 6.45) is 3.11. The molecule has 0 spiro atoms. The molecule has 1 aliphatic heterocycles. The van der Waals surface area contributed by atoms with Crippen molar-refractivity contribution in [1.29, 1.82) is 0 Å². The van der Waals surface area contributed by atoms with Crippen LogP contribution in [0.2, 0.25) is 5.02 Å². The third-order valence-electron chi connectivity index (χ3n) is 5.74. The molecule has 3 heterocycles. The minimum Gasteiger partial charge on any atom is -0.507 e. The number of imidazole rings is 1. The van der Waals surface area contributed by atoms with Gasteiger partial charge in [-0.05, 0) is 60.5 Å². The van der Waals surface area contributed by atoms with E-state index < -0.39 is 17.7 Å². The summed E-state index contributed by atoms with van der Waals surface area (Å²) in [6.45, 7) is 1.95. The average Bonchev–Trinajstić information content (AvgIpc) is 3.37. The number of anilines is 1. The number of ether oxygens (including phenoxy) is 1. The second kappa shape index (κ2) is 8.31. The van der Waals surface area contributed by atoms with Gasteiger partial charge in [0.1, 0.15) is 11.5 Å². The molecule has 2 aromatic carbocycles. The maximum atomic E-state index is 13.3. The summed E-state index contributed by atoms with van der Waals surface area (Å²) < 4.78 is 5.17. The zero-order valence-corrected chi connectivity index (χ0v) is 19.0. The van der Waals surface area contributed by atoms with Crippen molar-refractivity contribution < 1.29 is 19.4 Å². The average molecular weight is 475 g/mol. The highest BCUT2D eigenvalue weighted by molar-refractivity contribution is 6.51. The summed E-state index contributed by atoms with van der Waals surface area (Å²) >= 11 is 6.24. The lowest BCUT2D eigenvalue weighted by atomic mass is 9.96. The van der Waals surface area contributed by atoms with Gasteiger partial charge in [-0.3, -0.25) is 19.5 Å². The van der Waals surface area contributed by atoms with E-state index in [2.05, 4.69) is 15.0 Å². The third-order valence-corrected chi connectivity index (χ3v) is 6.04. The highest BCUT2D eigenvalue weighted by atomic mass is 35.5.